The number of benzene rings is 1. The Morgan fingerprint density at radius 3 is 2.52 bits per heavy atom. The second-order valence-corrected chi connectivity index (χ2v) is 7.64. The topological polar surface area (TPSA) is 66.8 Å². The molecule has 1 aliphatic rings. The first-order valence-corrected chi connectivity index (χ1v) is 8.73. The molecule has 0 bridgehead atoms. The van der Waals surface area contributed by atoms with Gasteiger partial charge in [0.2, 0.25) is 10.0 Å². The molecule has 1 fully saturated rings. The Labute approximate surface area is 126 Å². The molecule has 1 saturated heterocycles. The summed E-state index contributed by atoms with van der Waals surface area (Å²) in [6.45, 7) is 5.59. The van der Waals surface area contributed by atoms with E-state index < -0.39 is 10.0 Å². The Morgan fingerprint density at radius 2 is 2.00 bits per heavy atom. The van der Waals surface area contributed by atoms with E-state index in [1.807, 2.05) is 0 Å². The van der Waals surface area contributed by atoms with Crippen LogP contribution in [0.4, 0.5) is 0 Å². The molecule has 0 spiro atoms. The zero-order valence-electron chi connectivity index (χ0n) is 12.5. The lowest BCUT2D eigenvalue weighted by Gasteiger charge is -2.18. The predicted molar refractivity (Wildman–Crippen MR) is 80.7 cm³/mol. The predicted octanol–water partition coefficient (Wildman–Crippen LogP) is 1.72. The Kier molecular flexibility index (Phi) is 5.24. The van der Waals surface area contributed by atoms with Gasteiger partial charge in [0.1, 0.15) is 12.4 Å². The van der Waals surface area contributed by atoms with Gasteiger partial charge in [0.15, 0.2) is 0 Å². The standard InChI is InChI=1S/C15H23NO4S/c1-12(2)13-7-8-16(11-13)21(18,19)15-5-3-14(4-6-15)20-10-9-17/h3-6,12-13,17H,7-11H2,1-2H3. The largest absolute Gasteiger partial charge is 0.491 e. The van der Waals surface area contributed by atoms with Crippen LogP contribution in [0.5, 0.6) is 5.75 Å². The van der Waals surface area contributed by atoms with Crippen LogP contribution in [0.2, 0.25) is 0 Å². The minimum atomic E-state index is -3.41. The SMILES string of the molecule is CC(C)C1CCN(S(=O)(=O)c2ccc(OCCO)cc2)C1. The van der Waals surface area contributed by atoms with Crippen LogP contribution in [0.1, 0.15) is 20.3 Å². The zero-order valence-corrected chi connectivity index (χ0v) is 13.3. The summed E-state index contributed by atoms with van der Waals surface area (Å²) in [6.07, 6.45) is 0.925. The van der Waals surface area contributed by atoms with Crippen LogP contribution < -0.4 is 4.74 Å². The molecular formula is C15H23NO4S. The Morgan fingerprint density at radius 1 is 1.33 bits per heavy atom. The Hall–Kier alpha value is -1.11. The van der Waals surface area contributed by atoms with Crippen LogP contribution in [-0.4, -0.2) is 44.1 Å². The van der Waals surface area contributed by atoms with E-state index in [4.69, 9.17) is 9.84 Å². The van der Waals surface area contributed by atoms with Gasteiger partial charge in [-0.25, -0.2) is 8.42 Å². The average Bonchev–Trinajstić information content (AvgIpc) is 2.96. The first kappa shape index (κ1) is 16.3. The fraction of sp³-hybridized carbons (Fsp3) is 0.600. The van der Waals surface area contributed by atoms with Gasteiger partial charge in [-0.3, -0.25) is 0 Å². The quantitative estimate of drug-likeness (QED) is 0.868. The second-order valence-electron chi connectivity index (χ2n) is 5.70. The van der Waals surface area contributed by atoms with E-state index in [1.54, 1.807) is 28.6 Å². The van der Waals surface area contributed by atoms with E-state index in [2.05, 4.69) is 13.8 Å². The van der Waals surface area contributed by atoms with E-state index in [9.17, 15) is 8.42 Å². The van der Waals surface area contributed by atoms with Crippen molar-refractivity contribution >= 4 is 10.0 Å². The molecule has 2 rings (SSSR count). The van der Waals surface area contributed by atoms with Crippen LogP contribution in [0, 0.1) is 11.8 Å². The van der Waals surface area contributed by atoms with Crippen molar-refractivity contribution in [2.75, 3.05) is 26.3 Å². The smallest absolute Gasteiger partial charge is 0.243 e. The highest BCUT2D eigenvalue weighted by Gasteiger charge is 2.33. The van der Waals surface area contributed by atoms with E-state index in [0.29, 0.717) is 35.6 Å². The molecule has 1 aromatic rings. The maximum Gasteiger partial charge on any atom is 0.243 e. The monoisotopic (exact) mass is 313 g/mol. The van der Waals surface area contributed by atoms with Crippen molar-refractivity contribution in [3.8, 4) is 5.75 Å². The molecular weight excluding hydrogens is 290 g/mol. The number of aliphatic hydroxyl groups is 1. The number of nitrogens with zero attached hydrogens (tertiary/aromatic N) is 1. The number of hydrogen-bond acceptors (Lipinski definition) is 4. The van der Waals surface area contributed by atoms with Gasteiger partial charge in [0.25, 0.3) is 0 Å². The summed E-state index contributed by atoms with van der Waals surface area (Å²) in [5.74, 6) is 1.50. The summed E-state index contributed by atoms with van der Waals surface area (Å²) in [5, 5.41) is 8.70. The number of rotatable bonds is 6. The average molecular weight is 313 g/mol. The molecule has 118 valence electrons. The molecule has 5 nitrogen and oxygen atoms in total. The van der Waals surface area contributed by atoms with E-state index in [-0.39, 0.29) is 13.2 Å². The summed E-state index contributed by atoms with van der Waals surface area (Å²) in [6, 6.07) is 6.37. The lowest BCUT2D eigenvalue weighted by atomic mass is 9.96. The molecule has 1 aliphatic heterocycles. The summed E-state index contributed by atoms with van der Waals surface area (Å²) in [5.41, 5.74) is 0. The van der Waals surface area contributed by atoms with Gasteiger partial charge in [0, 0.05) is 13.1 Å². The summed E-state index contributed by atoms with van der Waals surface area (Å²) >= 11 is 0. The number of ether oxygens (including phenoxy) is 1. The van der Waals surface area contributed by atoms with Crippen molar-refractivity contribution < 1.29 is 18.3 Å². The third-order valence-electron chi connectivity index (χ3n) is 3.95. The first-order chi connectivity index (χ1) is 9.95. The lowest BCUT2D eigenvalue weighted by molar-refractivity contribution is 0.201. The van der Waals surface area contributed by atoms with Gasteiger partial charge in [0.05, 0.1) is 11.5 Å². The third-order valence-corrected chi connectivity index (χ3v) is 5.83. The van der Waals surface area contributed by atoms with Crippen molar-refractivity contribution in [2.45, 2.75) is 25.2 Å². The number of aliphatic hydroxyl groups excluding tert-OH is 1. The van der Waals surface area contributed by atoms with Crippen molar-refractivity contribution in [1.82, 2.24) is 4.31 Å². The van der Waals surface area contributed by atoms with Gasteiger partial charge >= 0.3 is 0 Å². The van der Waals surface area contributed by atoms with Crippen LogP contribution >= 0.6 is 0 Å². The molecule has 1 unspecified atom stereocenters. The molecule has 6 heteroatoms. The fourth-order valence-corrected chi connectivity index (χ4v) is 4.05. The van der Waals surface area contributed by atoms with Crippen molar-refractivity contribution in [3.63, 3.8) is 0 Å². The van der Waals surface area contributed by atoms with Gasteiger partial charge in [-0.1, -0.05) is 13.8 Å². The molecule has 1 atom stereocenters. The number of hydrogen-bond donors (Lipinski definition) is 1. The van der Waals surface area contributed by atoms with Crippen molar-refractivity contribution in [2.24, 2.45) is 11.8 Å². The number of sulfonamides is 1. The zero-order chi connectivity index (χ0) is 15.5. The second kappa shape index (κ2) is 6.77. The van der Waals surface area contributed by atoms with Gasteiger partial charge in [-0.05, 0) is 42.5 Å². The van der Waals surface area contributed by atoms with Crippen LogP contribution in [-0.2, 0) is 10.0 Å². The fourth-order valence-electron chi connectivity index (χ4n) is 2.54. The van der Waals surface area contributed by atoms with Crippen molar-refractivity contribution in [3.05, 3.63) is 24.3 Å². The third kappa shape index (κ3) is 3.75. The van der Waals surface area contributed by atoms with Crippen LogP contribution in [0.3, 0.4) is 0 Å². The normalized spacial score (nSPS) is 20.1. The molecule has 0 saturated carbocycles. The summed E-state index contributed by atoms with van der Waals surface area (Å²) in [4.78, 5) is 0.295. The minimum Gasteiger partial charge on any atom is -0.491 e. The molecule has 0 amide bonds. The van der Waals surface area contributed by atoms with E-state index in [0.717, 1.165) is 6.42 Å². The lowest BCUT2D eigenvalue weighted by Crippen LogP contribution is -2.29. The maximum atomic E-state index is 12.6. The highest BCUT2D eigenvalue weighted by molar-refractivity contribution is 7.89. The Bertz CT molecular complexity index is 554. The highest BCUT2D eigenvalue weighted by atomic mass is 32.2. The molecule has 1 heterocycles. The van der Waals surface area contributed by atoms with E-state index in [1.165, 1.54) is 0 Å². The molecule has 21 heavy (non-hydrogen) atoms. The molecule has 1 aromatic carbocycles. The summed E-state index contributed by atoms with van der Waals surface area (Å²) < 4.78 is 32.0. The molecule has 0 radical (unpaired) electrons. The van der Waals surface area contributed by atoms with Crippen LogP contribution in [0.15, 0.2) is 29.2 Å². The van der Waals surface area contributed by atoms with Crippen molar-refractivity contribution in [1.29, 1.82) is 0 Å². The Balaban J connectivity index is 2.09. The van der Waals surface area contributed by atoms with Gasteiger partial charge in [-0.2, -0.15) is 4.31 Å². The first-order valence-electron chi connectivity index (χ1n) is 7.29. The minimum absolute atomic E-state index is 0.0651. The van der Waals surface area contributed by atoms with Gasteiger partial charge < -0.3 is 9.84 Å². The van der Waals surface area contributed by atoms with Gasteiger partial charge in [-0.15, -0.1) is 0 Å². The highest BCUT2D eigenvalue weighted by Crippen LogP contribution is 2.29. The molecule has 1 N–H and O–H groups in total. The van der Waals surface area contributed by atoms with Crippen LogP contribution in [0.25, 0.3) is 0 Å². The maximum absolute atomic E-state index is 12.6. The molecule has 0 aliphatic carbocycles. The van der Waals surface area contributed by atoms with E-state index >= 15 is 0 Å². The summed E-state index contributed by atoms with van der Waals surface area (Å²) in [7, 11) is -3.41. The molecule has 0 aromatic heterocycles.